The number of carbonyl (C=O) groups excluding carboxylic acids is 1. The van der Waals surface area contributed by atoms with E-state index >= 15 is 0 Å². The van der Waals surface area contributed by atoms with Crippen molar-refractivity contribution < 1.29 is 14.3 Å². The lowest BCUT2D eigenvalue weighted by atomic mass is 10.0. The van der Waals surface area contributed by atoms with Gasteiger partial charge in [0.2, 0.25) is 5.78 Å². The van der Waals surface area contributed by atoms with Crippen LogP contribution >= 0.6 is 34.8 Å². The number of benzene rings is 3. The highest BCUT2D eigenvalue weighted by Gasteiger charge is 2.33. The second-order valence-corrected chi connectivity index (χ2v) is 8.69. The van der Waals surface area contributed by atoms with Crippen molar-refractivity contribution in [2.24, 2.45) is 0 Å². The molecule has 3 aromatic rings. The van der Waals surface area contributed by atoms with Crippen LogP contribution < -0.4 is 9.47 Å². The summed E-state index contributed by atoms with van der Waals surface area (Å²) in [5.41, 5.74) is 3.17. The van der Waals surface area contributed by atoms with Gasteiger partial charge in [0.25, 0.3) is 0 Å². The molecule has 0 atom stereocenters. The van der Waals surface area contributed by atoms with Crippen LogP contribution in [0.4, 0.5) is 0 Å². The number of ether oxygens (including phenoxy) is 2. The van der Waals surface area contributed by atoms with Gasteiger partial charge in [-0.25, -0.2) is 0 Å². The van der Waals surface area contributed by atoms with Crippen molar-refractivity contribution in [3.05, 3.63) is 97.7 Å². The maximum Gasteiger partial charge on any atom is 0.231 e. The Hall–Kier alpha value is -2.50. The molecule has 7 heteroatoms. The summed E-state index contributed by atoms with van der Waals surface area (Å²) >= 11 is 18.3. The van der Waals surface area contributed by atoms with Gasteiger partial charge in [-0.3, -0.25) is 9.69 Å². The zero-order valence-electron chi connectivity index (χ0n) is 16.2. The van der Waals surface area contributed by atoms with Crippen LogP contribution in [0.5, 0.6) is 11.5 Å². The van der Waals surface area contributed by atoms with Crippen molar-refractivity contribution in [2.45, 2.75) is 13.1 Å². The van der Waals surface area contributed by atoms with Gasteiger partial charge < -0.3 is 9.47 Å². The highest BCUT2D eigenvalue weighted by molar-refractivity contribution is 6.35. The second kappa shape index (κ2) is 8.21. The molecule has 0 bridgehead atoms. The predicted octanol–water partition coefficient (Wildman–Crippen LogP) is 6.62. The molecular weight excluding hydrogens is 457 g/mol. The number of hydrogen-bond donors (Lipinski definition) is 0. The van der Waals surface area contributed by atoms with E-state index in [1.165, 1.54) is 0 Å². The molecule has 0 radical (unpaired) electrons. The quantitative estimate of drug-likeness (QED) is 0.402. The molecule has 5 rings (SSSR count). The topological polar surface area (TPSA) is 38.8 Å². The second-order valence-electron chi connectivity index (χ2n) is 7.41. The normalized spacial score (nSPS) is 16.6. The molecule has 0 fully saturated rings. The van der Waals surface area contributed by atoms with Crippen LogP contribution in [0.25, 0.3) is 6.08 Å². The molecule has 0 aromatic heterocycles. The standard InChI is InChI=1S/C24H16Cl3NO3/c25-16-4-1-14(2-5-16)9-22-23(29)18-7-8-21-19(24(18)31-22)12-28(13-30-21)11-15-3-6-17(26)10-20(15)27/h1-10H,11-13H2/b22-9-. The van der Waals surface area contributed by atoms with Crippen LogP contribution in [0, 0.1) is 0 Å². The summed E-state index contributed by atoms with van der Waals surface area (Å²) in [6.45, 7) is 1.56. The van der Waals surface area contributed by atoms with Crippen LogP contribution in [0.1, 0.15) is 27.0 Å². The number of fused-ring (bicyclic) bond motifs is 3. The molecule has 2 aliphatic heterocycles. The molecule has 0 N–H and O–H groups in total. The van der Waals surface area contributed by atoms with Crippen molar-refractivity contribution >= 4 is 46.7 Å². The average Bonchev–Trinajstić information content (AvgIpc) is 3.08. The summed E-state index contributed by atoms with van der Waals surface area (Å²) in [5.74, 6) is 1.40. The van der Waals surface area contributed by atoms with Crippen LogP contribution in [-0.4, -0.2) is 17.4 Å². The van der Waals surface area contributed by atoms with E-state index in [9.17, 15) is 4.79 Å². The Morgan fingerprint density at radius 2 is 1.74 bits per heavy atom. The summed E-state index contributed by atoms with van der Waals surface area (Å²) in [5, 5.41) is 1.84. The van der Waals surface area contributed by atoms with E-state index in [2.05, 4.69) is 4.90 Å². The number of nitrogens with zero attached hydrogens (tertiary/aromatic N) is 1. The number of allylic oxidation sites excluding steroid dienone is 1. The molecule has 3 aromatic carbocycles. The fourth-order valence-corrected chi connectivity index (χ4v) is 4.30. The largest absolute Gasteiger partial charge is 0.478 e. The van der Waals surface area contributed by atoms with Crippen molar-refractivity contribution in [1.29, 1.82) is 0 Å². The zero-order chi connectivity index (χ0) is 21.5. The van der Waals surface area contributed by atoms with E-state index in [1.54, 1.807) is 30.3 Å². The lowest BCUT2D eigenvalue weighted by Gasteiger charge is -2.30. The highest BCUT2D eigenvalue weighted by atomic mass is 35.5. The van der Waals surface area contributed by atoms with E-state index in [0.717, 1.165) is 22.4 Å². The van der Waals surface area contributed by atoms with Crippen LogP contribution in [0.15, 0.2) is 60.4 Å². The molecule has 31 heavy (non-hydrogen) atoms. The van der Waals surface area contributed by atoms with Gasteiger partial charge in [0.1, 0.15) is 18.2 Å². The Balaban J connectivity index is 1.42. The van der Waals surface area contributed by atoms with Gasteiger partial charge in [-0.1, -0.05) is 53.0 Å². The molecule has 2 heterocycles. The molecule has 0 amide bonds. The van der Waals surface area contributed by atoms with Crippen molar-refractivity contribution in [1.82, 2.24) is 4.90 Å². The fraction of sp³-hybridized carbons (Fsp3) is 0.125. The number of Topliss-reactive ketones (excluding diaryl/α,β-unsaturated/α-hetero) is 1. The van der Waals surface area contributed by atoms with Gasteiger partial charge in [-0.2, -0.15) is 0 Å². The molecule has 0 unspecified atom stereocenters. The molecular formula is C24H16Cl3NO3. The lowest BCUT2D eigenvalue weighted by Crippen LogP contribution is -2.31. The number of halogens is 3. The van der Waals surface area contributed by atoms with Crippen molar-refractivity contribution in [2.75, 3.05) is 6.73 Å². The first-order valence-corrected chi connectivity index (χ1v) is 10.8. The van der Waals surface area contributed by atoms with Gasteiger partial charge in [0.15, 0.2) is 5.76 Å². The SMILES string of the molecule is O=C1/C(=C/c2ccc(Cl)cc2)Oc2c1ccc1c2CN(Cc2ccc(Cl)cc2Cl)CO1. The Labute approximate surface area is 194 Å². The first-order chi connectivity index (χ1) is 15.0. The average molecular weight is 473 g/mol. The van der Waals surface area contributed by atoms with Gasteiger partial charge in [0.05, 0.1) is 11.1 Å². The molecule has 0 spiro atoms. The van der Waals surface area contributed by atoms with Crippen molar-refractivity contribution in [3.8, 4) is 11.5 Å². The highest BCUT2D eigenvalue weighted by Crippen LogP contribution is 2.42. The Bertz CT molecular complexity index is 1220. The minimum Gasteiger partial charge on any atom is -0.478 e. The van der Waals surface area contributed by atoms with Gasteiger partial charge >= 0.3 is 0 Å². The molecule has 156 valence electrons. The molecule has 0 saturated carbocycles. The number of carbonyl (C=O) groups is 1. The van der Waals surface area contributed by atoms with Crippen molar-refractivity contribution in [3.63, 3.8) is 0 Å². The van der Waals surface area contributed by atoms with Gasteiger partial charge in [-0.05, 0) is 53.6 Å². The van der Waals surface area contributed by atoms with Gasteiger partial charge in [-0.15, -0.1) is 0 Å². The molecule has 4 nitrogen and oxygen atoms in total. The van der Waals surface area contributed by atoms with Crippen LogP contribution in [-0.2, 0) is 13.1 Å². The third-order valence-corrected chi connectivity index (χ3v) is 6.10. The fourth-order valence-electron chi connectivity index (χ4n) is 3.71. The minimum absolute atomic E-state index is 0.148. The Kier molecular flexibility index (Phi) is 5.40. The Morgan fingerprint density at radius 3 is 2.52 bits per heavy atom. The Morgan fingerprint density at radius 1 is 0.968 bits per heavy atom. The summed E-state index contributed by atoms with van der Waals surface area (Å²) in [6.07, 6.45) is 1.72. The number of hydrogen-bond acceptors (Lipinski definition) is 4. The van der Waals surface area contributed by atoms with E-state index in [-0.39, 0.29) is 11.5 Å². The maximum absolute atomic E-state index is 12.9. The van der Waals surface area contributed by atoms with Crippen LogP contribution in [0.2, 0.25) is 15.1 Å². The third-order valence-electron chi connectivity index (χ3n) is 5.26. The molecule has 0 aliphatic carbocycles. The monoisotopic (exact) mass is 471 g/mol. The third kappa shape index (κ3) is 4.04. The maximum atomic E-state index is 12.9. The number of ketones is 1. The van der Waals surface area contributed by atoms with E-state index < -0.39 is 0 Å². The van der Waals surface area contributed by atoms with E-state index in [0.29, 0.717) is 46.2 Å². The summed E-state index contributed by atoms with van der Waals surface area (Å²) in [6, 6.07) is 16.3. The van der Waals surface area contributed by atoms with Crippen LogP contribution in [0.3, 0.4) is 0 Å². The first-order valence-electron chi connectivity index (χ1n) is 9.63. The van der Waals surface area contributed by atoms with E-state index in [4.69, 9.17) is 44.3 Å². The first kappa shape index (κ1) is 20.4. The molecule has 2 aliphatic rings. The number of rotatable bonds is 3. The summed E-state index contributed by atoms with van der Waals surface area (Å²) in [7, 11) is 0. The summed E-state index contributed by atoms with van der Waals surface area (Å²) < 4.78 is 11.9. The predicted molar refractivity (Wildman–Crippen MR) is 122 cm³/mol. The minimum atomic E-state index is -0.148. The lowest BCUT2D eigenvalue weighted by molar-refractivity contribution is 0.0873. The smallest absolute Gasteiger partial charge is 0.231 e. The summed E-state index contributed by atoms with van der Waals surface area (Å²) in [4.78, 5) is 15.0. The molecule has 0 saturated heterocycles. The zero-order valence-corrected chi connectivity index (χ0v) is 18.5. The van der Waals surface area contributed by atoms with E-state index in [1.807, 2.05) is 30.3 Å². The van der Waals surface area contributed by atoms with Gasteiger partial charge in [0, 0.05) is 28.2 Å².